The lowest BCUT2D eigenvalue weighted by molar-refractivity contribution is 0.952. The van der Waals surface area contributed by atoms with Gasteiger partial charge in [-0.05, 0) is 30.7 Å². The number of aryl methyl sites for hydroxylation is 1. The molecule has 0 fully saturated rings. The Kier molecular flexibility index (Phi) is 3.58. The summed E-state index contributed by atoms with van der Waals surface area (Å²) in [6.45, 7) is 2.61. The lowest BCUT2D eigenvalue weighted by Crippen LogP contribution is -2.06. The number of hydrogen-bond acceptors (Lipinski definition) is 4. The van der Waals surface area contributed by atoms with Gasteiger partial charge in [0.05, 0.1) is 6.54 Å². The highest BCUT2D eigenvalue weighted by Crippen LogP contribution is 2.20. The number of nitrogens with zero attached hydrogens (tertiary/aromatic N) is 2. The fourth-order valence-electron chi connectivity index (χ4n) is 1.46. The molecule has 88 valence electrons. The molecule has 0 aliphatic heterocycles. The first-order chi connectivity index (χ1) is 8.15. The summed E-state index contributed by atoms with van der Waals surface area (Å²) >= 11 is 3.44. The van der Waals surface area contributed by atoms with Crippen molar-refractivity contribution in [2.45, 2.75) is 13.5 Å². The van der Waals surface area contributed by atoms with Gasteiger partial charge < -0.3 is 11.1 Å². The molecule has 0 amide bonds. The van der Waals surface area contributed by atoms with Crippen molar-refractivity contribution in [2.75, 3.05) is 11.1 Å². The maximum atomic E-state index is 5.60. The number of hydrogen-bond donors (Lipinski definition) is 2. The molecule has 1 aromatic carbocycles. The molecule has 0 aliphatic rings. The Hall–Kier alpha value is -1.62. The summed E-state index contributed by atoms with van der Waals surface area (Å²) in [6.07, 6.45) is 1.66. The van der Waals surface area contributed by atoms with Crippen molar-refractivity contribution in [3.63, 3.8) is 0 Å². The smallest absolute Gasteiger partial charge is 0.149 e. The second kappa shape index (κ2) is 5.14. The zero-order valence-corrected chi connectivity index (χ0v) is 11.0. The van der Waals surface area contributed by atoms with Crippen molar-refractivity contribution in [2.24, 2.45) is 0 Å². The topological polar surface area (TPSA) is 63.8 Å². The van der Waals surface area contributed by atoms with Crippen LogP contribution in [0, 0.1) is 6.92 Å². The SMILES string of the molecule is Cc1ccc(Br)cc1NCc1nccc(N)n1. The Morgan fingerprint density at radius 1 is 1.35 bits per heavy atom. The van der Waals surface area contributed by atoms with E-state index in [9.17, 15) is 0 Å². The predicted molar refractivity (Wildman–Crippen MR) is 72.7 cm³/mol. The largest absolute Gasteiger partial charge is 0.384 e. The average molecular weight is 293 g/mol. The van der Waals surface area contributed by atoms with Gasteiger partial charge in [-0.25, -0.2) is 9.97 Å². The minimum Gasteiger partial charge on any atom is -0.384 e. The second-order valence-electron chi connectivity index (χ2n) is 3.71. The molecule has 1 aromatic heterocycles. The monoisotopic (exact) mass is 292 g/mol. The molecule has 0 atom stereocenters. The molecule has 2 rings (SSSR count). The van der Waals surface area contributed by atoms with E-state index in [-0.39, 0.29) is 0 Å². The van der Waals surface area contributed by atoms with E-state index in [1.165, 1.54) is 5.56 Å². The molecule has 0 aliphatic carbocycles. The van der Waals surface area contributed by atoms with E-state index in [0.29, 0.717) is 18.2 Å². The number of halogens is 1. The van der Waals surface area contributed by atoms with Crippen molar-refractivity contribution in [1.29, 1.82) is 0 Å². The fraction of sp³-hybridized carbons (Fsp3) is 0.167. The zero-order valence-electron chi connectivity index (χ0n) is 9.44. The molecule has 0 saturated heterocycles. The van der Waals surface area contributed by atoms with Crippen molar-refractivity contribution in [3.05, 3.63) is 46.3 Å². The van der Waals surface area contributed by atoms with Gasteiger partial charge in [-0.15, -0.1) is 0 Å². The van der Waals surface area contributed by atoms with Gasteiger partial charge in [0.2, 0.25) is 0 Å². The van der Waals surface area contributed by atoms with Crippen molar-refractivity contribution >= 4 is 27.4 Å². The minimum atomic E-state index is 0.489. The van der Waals surface area contributed by atoms with E-state index in [1.54, 1.807) is 12.3 Å². The summed E-state index contributed by atoms with van der Waals surface area (Å²) < 4.78 is 1.04. The van der Waals surface area contributed by atoms with Crippen LogP contribution in [0.5, 0.6) is 0 Å². The first-order valence-corrected chi connectivity index (χ1v) is 6.02. The van der Waals surface area contributed by atoms with Crippen LogP contribution in [0.3, 0.4) is 0 Å². The number of anilines is 2. The molecule has 17 heavy (non-hydrogen) atoms. The quantitative estimate of drug-likeness (QED) is 0.913. The molecular weight excluding hydrogens is 280 g/mol. The number of aromatic nitrogens is 2. The summed E-state index contributed by atoms with van der Waals surface area (Å²) in [5.41, 5.74) is 7.83. The van der Waals surface area contributed by atoms with Gasteiger partial charge in [0.1, 0.15) is 11.6 Å². The molecule has 3 N–H and O–H groups in total. The van der Waals surface area contributed by atoms with Crippen LogP contribution < -0.4 is 11.1 Å². The van der Waals surface area contributed by atoms with E-state index in [4.69, 9.17) is 5.73 Å². The van der Waals surface area contributed by atoms with Crippen LogP contribution in [-0.4, -0.2) is 9.97 Å². The van der Waals surface area contributed by atoms with E-state index in [2.05, 4.69) is 38.1 Å². The summed E-state index contributed by atoms with van der Waals surface area (Å²) in [4.78, 5) is 8.27. The predicted octanol–water partition coefficient (Wildman–Crippen LogP) is 2.74. The van der Waals surface area contributed by atoms with E-state index >= 15 is 0 Å². The van der Waals surface area contributed by atoms with Gasteiger partial charge in [0.25, 0.3) is 0 Å². The van der Waals surface area contributed by atoms with Gasteiger partial charge in [-0.1, -0.05) is 22.0 Å². The Morgan fingerprint density at radius 2 is 2.18 bits per heavy atom. The minimum absolute atomic E-state index is 0.489. The van der Waals surface area contributed by atoms with Crippen LogP contribution >= 0.6 is 15.9 Å². The third-order valence-electron chi connectivity index (χ3n) is 2.36. The lowest BCUT2D eigenvalue weighted by Gasteiger charge is -2.09. The molecule has 1 heterocycles. The first-order valence-electron chi connectivity index (χ1n) is 5.22. The van der Waals surface area contributed by atoms with E-state index < -0.39 is 0 Å². The summed E-state index contributed by atoms with van der Waals surface area (Å²) in [7, 11) is 0. The molecular formula is C12H13BrN4. The maximum Gasteiger partial charge on any atom is 0.149 e. The number of nitrogen functional groups attached to an aromatic ring is 1. The highest BCUT2D eigenvalue weighted by Gasteiger charge is 2.01. The molecule has 0 radical (unpaired) electrons. The Labute approximate surface area is 108 Å². The van der Waals surface area contributed by atoms with Gasteiger partial charge >= 0.3 is 0 Å². The van der Waals surface area contributed by atoms with E-state index in [0.717, 1.165) is 10.2 Å². The van der Waals surface area contributed by atoms with Crippen LogP contribution in [0.1, 0.15) is 11.4 Å². The highest BCUT2D eigenvalue weighted by molar-refractivity contribution is 9.10. The van der Waals surface area contributed by atoms with Crippen molar-refractivity contribution in [3.8, 4) is 0 Å². The highest BCUT2D eigenvalue weighted by atomic mass is 79.9. The van der Waals surface area contributed by atoms with Crippen LogP contribution in [0.2, 0.25) is 0 Å². The number of benzene rings is 1. The summed E-state index contributed by atoms with van der Waals surface area (Å²) in [5.74, 6) is 1.17. The van der Waals surface area contributed by atoms with Gasteiger partial charge in [-0.2, -0.15) is 0 Å². The molecule has 0 spiro atoms. The third-order valence-corrected chi connectivity index (χ3v) is 2.86. The first kappa shape index (κ1) is 11.9. The summed E-state index contributed by atoms with van der Waals surface area (Å²) in [6, 6.07) is 7.76. The van der Waals surface area contributed by atoms with Crippen molar-refractivity contribution < 1.29 is 0 Å². The number of nitrogens with two attached hydrogens (primary N) is 1. The van der Waals surface area contributed by atoms with Crippen LogP contribution in [0.4, 0.5) is 11.5 Å². The Balaban J connectivity index is 2.09. The van der Waals surface area contributed by atoms with E-state index in [1.807, 2.05) is 18.2 Å². The normalized spacial score (nSPS) is 10.2. The zero-order chi connectivity index (χ0) is 12.3. The molecule has 0 saturated carbocycles. The van der Waals surface area contributed by atoms with Gasteiger partial charge in [0, 0.05) is 16.4 Å². The van der Waals surface area contributed by atoms with Crippen LogP contribution in [0.25, 0.3) is 0 Å². The maximum absolute atomic E-state index is 5.60. The molecule has 0 bridgehead atoms. The Morgan fingerprint density at radius 3 is 2.94 bits per heavy atom. The fourth-order valence-corrected chi connectivity index (χ4v) is 1.82. The Bertz CT molecular complexity index is 528. The molecule has 2 aromatic rings. The molecule has 4 nitrogen and oxygen atoms in total. The molecule has 0 unspecified atom stereocenters. The van der Waals surface area contributed by atoms with Crippen molar-refractivity contribution in [1.82, 2.24) is 9.97 Å². The summed E-state index contributed by atoms with van der Waals surface area (Å²) in [5, 5.41) is 3.29. The van der Waals surface area contributed by atoms with Crippen LogP contribution in [-0.2, 0) is 6.54 Å². The second-order valence-corrected chi connectivity index (χ2v) is 4.63. The third kappa shape index (κ3) is 3.17. The van der Waals surface area contributed by atoms with Crippen LogP contribution in [0.15, 0.2) is 34.9 Å². The number of rotatable bonds is 3. The molecule has 5 heteroatoms. The average Bonchev–Trinajstić information content (AvgIpc) is 2.30. The van der Waals surface area contributed by atoms with Gasteiger partial charge in [0.15, 0.2) is 0 Å². The van der Waals surface area contributed by atoms with Gasteiger partial charge in [-0.3, -0.25) is 0 Å². The standard InChI is InChI=1S/C12H13BrN4/c1-8-2-3-9(13)6-10(8)16-7-12-15-5-4-11(14)17-12/h2-6,16H,7H2,1H3,(H2,14,15,17). The number of nitrogens with one attached hydrogen (secondary N) is 1. The lowest BCUT2D eigenvalue weighted by atomic mass is 10.2.